The van der Waals surface area contributed by atoms with E-state index in [0.717, 1.165) is 28.6 Å². The monoisotopic (exact) mass is 228 g/mol. The third-order valence-electron chi connectivity index (χ3n) is 4.38. The highest BCUT2D eigenvalue weighted by Gasteiger charge is 2.36. The Morgan fingerprint density at radius 1 is 1.18 bits per heavy atom. The fraction of sp³-hybridized carbons (Fsp3) is 0.500. The van der Waals surface area contributed by atoms with Crippen molar-refractivity contribution in [1.82, 2.24) is 4.98 Å². The van der Waals surface area contributed by atoms with Crippen molar-refractivity contribution in [2.75, 3.05) is 18.0 Å². The summed E-state index contributed by atoms with van der Waals surface area (Å²) in [4.78, 5) is 7.01. The average Bonchev–Trinajstić information content (AvgIpc) is 3.02. The molecule has 3 heteroatoms. The van der Waals surface area contributed by atoms with Gasteiger partial charge in [-0.05, 0) is 36.8 Å². The van der Waals surface area contributed by atoms with Crippen LogP contribution in [0, 0.1) is 11.8 Å². The first-order chi connectivity index (χ1) is 8.42. The molecule has 1 saturated heterocycles. The number of pyridine rings is 1. The molecule has 2 aromatic heterocycles. The molecule has 0 bridgehead atoms. The van der Waals surface area contributed by atoms with Crippen molar-refractivity contribution in [3.8, 4) is 0 Å². The number of rotatable bonds is 1. The van der Waals surface area contributed by atoms with Gasteiger partial charge in [0.05, 0.1) is 11.6 Å². The Bertz CT molecular complexity index is 536. The van der Waals surface area contributed by atoms with E-state index in [2.05, 4.69) is 9.88 Å². The van der Waals surface area contributed by atoms with Gasteiger partial charge >= 0.3 is 0 Å². The molecule has 0 spiro atoms. The minimum absolute atomic E-state index is 0.902. The Kier molecular flexibility index (Phi) is 1.95. The zero-order chi connectivity index (χ0) is 11.2. The highest BCUT2D eigenvalue weighted by atomic mass is 16.3. The molecule has 0 aromatic carbocycles. The second-order valence-electron chi connectivity index (χ2n) is 5.32. The van der Waals surface area contributed by atoms with Crippen molar-refractivity contribution >= 4 is 16.8 Å². The van der Waals surface area contributed by atoms with Crippen LogP contribution >= 0.6 is 0 Å². The molecule has 2 fully saturated rings. The molecule has 4 rings (SSSR count). The first-order valence-electron chi connectivity index (χ1n) is 6.49. The zero-order valence-electron chi connectivity index (χ0n) is 9.80. The van der Waals surface area contributed by atoms with Crippen molar-refractivity contribution in [3.05, 3.63) is 24.6 Å². The Hall–Kier alpha value is -1.51. The molecule has 17 heavy (non-hydrogen) atoms. The topological polar surface area (TPSA) is 29.3 Å². The van der Waals surface area contributed by atoms with Crippen molar-refractivity contribution in [2.24, 2.45) is 11.8 Å². The van der Waals surface area contributed by atoms with Gasteiger partial charge in [-0.2, -0.15) is 0 Å². The molecular weight excluding hydrogens is 212 g/mol. The van der Waals surface area contributed by atoms with Crippen LogP contribution in [-0.4, -0.2) is 18.1 Å². The molecule has 2 unspecified atom stereocenters. The van der Waals surface area contributed by atoms with Gasteiger partial charge in [-0.25, -0.2) is 4.98 Å². The normalized spacial score (nSPS) is 27.9. The molecule has 0 amide bonds. The summed E-state index contributed by atoms with van der Waals surface area (Å²) in [7, 11) is 0. The van der Waals surface area contributed by atoms with Crippen LogP contribution in [-0.2, 0) is 0 Å². The van der Waals surface area contributed by atoms with Crippen LogP contribution in [0.15, 0.2) is 29.0 Å². The third-order valence-corrected chi connectivity index (χ3v) is 4.38. The quantitative estimate of drug-likeness (QED) is 0.751. The standard InChI is InChI=1S/C14H16N2O/c1-2-10-8-16(9-11(10)3-1)14-12-5-7-17-13(12)4-6-15-14/h4-7,10-11H,1-3,8-9H2. The molecule has 1 aliphatic heterocycles. The summed E-state index contributed by atoms with van der Waals surface area (Å²) < 4.78 is 5.45. The molecule has 0 radical (unpaired) electrons. The first-order valence-corrected chi connectivity index (χ1v) is 6.49. The summed E-state index contributed by atoms with van der Waals surface area (Å²) in [5.74, 6) is 2.92. The number of anilines is 1. The number of aromatic nitrogens is 1. The second kappa shape index (κ2) is 3.49. The smallest absolute Gasteiger partial charge is 0.139 e. The lowest BCUT2D eigenvalue weighted by Crippen LogP contribution is -2.21. The Labute approximate surface area is 100 Å². The Balaban J connectivity index is 1.73. The minimum Gasteiger partial charge on any atom is -0.464 e. The second-order valence-corrected chi connectivity index (χ2v) is 5.32. The van der Waals surface area contributed by atoms with Crippen LogP contribution in [0.2, 0.25) is 0 Å². The van der Waals surface area contributed by atoms with Gasteiger partial charge in [0.15, 0.2) is 0 Å². The Morgan fingerprint density at radius 3 is 2.82 bits per heavy atom. The van der Waals surface area contributed by atoms with Crippen molar-refractivity contribution in [2.45, 2.75) is 19.3 Å². The van der Waals surface area contributed by atoms with Crippen LogP contribution in [0.4, 0.5) is 5.82 Å². The van der Waals surface area contributed by atoms with E-state index in [-0.39, 0.29) is 0 Å². The molecule has 3 heterocycles. The summed E-state index contributed by atoms with van der Waals surface area (Å²) in [5.41, 5.74) is 0.951. The molecule has 2 atom stereocenters. The highest BCUT2D eigenvalue weighted by molar-refractivity contribution is 5.88. The van der Waals surface area contributed by atoms with Crippen molar-refractivity contribution in [1.29, 1.82) is 0 Å². The largest absolute Gasteiger partial charge is 0.464 e. The number of fused-ring (bicyclic) bond motifs is 2. The number of nitrogens with zero attached hydrogens (tertiary/aromatic N) is 2. The van der Waals surface area contributed by atoms with Crippen LogP contribution in [0.25, 0.3) is 11.0 Å². The predicted octanol–water partition coefficient (Wildman–Crippen LogP) is 3.06. The zero-order valence-corrected chi connectivity index (χ0v) is 9.80. The molecule has 2 aliphatic rings. The molecule has 0 N–H and O–H groups in total. The maximum absolute atomic E-state index is 5.45. The van der Waals surface area contributed by atoms with Crippen LogP contribution < -0.4 is 4.90 Å². The summed E-state index contributed by atoms with van der Waals surface area (Å²) in [6, 6.07) is 3.97. The lowest BCUT2D eigenvalue weighted by Gasteiger charge is -2.18. The summed E-state index contributed by atoms with van der Waals surface area (Å²) >= 11 is 0. The first kappa shape index (κ1) is 9.51. The molecule has 2 aromatic rings. The van der Waals surface area contributed by atoms with E-state index >= 15 is 0 Å². The molecular formula is C14H16N2O. The number of hydrogen-bond acceptors (Lipinski definition) is 3. The van der Waals surface area contributed by atoms with Gasteiger partial charge in [-0.15, -0.1) is 0 Å². The maximum atomic E-state index is 5.45. The summed E-state index contributed by atoms with van der Waals surface area (Å²) in [5, 5.41) is 1.16. The highest BCUT2D eigenvalue weighted by Crippen LogP contribution is 2.40. The van der Waals surface area contributed by atoms with E-state index in [9.17, 15) is 0 Å². The van der Waals surface area contributed by atoms with Crippen molar-refractivity contribution in [3.63, 3.8) is 0 Å². The van der Waals surface area contributed by atoms with Gasteiger partial charge in [-0.1, -0.05) is 6.42 Å². The van der Waals surface area contributed by atoms with E-state index in [0.29, 0.717) is 0 Å². The fourth-order valence-electron chi connectivity index (χ4n) is 3.54. The van der Waals surface area contributed by atoms with E-state index in [4.69, 9.17) is 4.42 Å². The minimum atomic E-state index is 0.902. The van der Waals surface area contributed by atoms with Gasteiger partial charge in [-0.3, -0.25) is 0 Å². The van der Waals surface area contributed by atoms with Crippen LogP contribution in [0.1, 0.15) is 19.3 Å². The van der Waals surface area contributed by atoms with E-state index < -0.39 is 0 Å². The summed E-state index contributed by atoms with van der Waals surface area (Å²) in [6.07, 6.45) is 7.85. The van der Waals surface area contributed by atoms with Crippen LogP contribution in [0.3, 0.4) is 0 Å². The maximum Gasteiger partial charge on any atom is 0.139 e. The molecule has 1 saturated carbocycles. The van der Waals surface area contributed by atoms with E-state index in [1.54, 1.807) is 6.26 Å². The lowest BCUT2D eigenvalue weighted by atomic mass is 10.0. The van der Waals surface area contributed by atoms with Gasteiger partial charge < -0.3 is 9.32 Å². The number of furan rings is 1. The number of hydrogen-bond donors (Lipinski definition) is 0. The van der Waals surface area contributed by atoms with Gasteiger partial charge in [0.1, 0.15) is 11.4 Å². The lowest BCUT2D eigenvalue weighted by molar-refractivity contribution is 0.494. The Morgan fingerprint density at radius 2 is 2.00 bits per heavy atom. The van der Waals surface area contributed by atoms with Crippen molar-refractivity contribution < 1.29 is 4.42 Å². The molecule has 1 aliphatic carbocycles. The van der Waals surface area contributed by atoms with E-state index in [1.165, 1.54) is 32.4 Å². The van der Waals surface area contributed by atoms with Gasteiger partial charge in [0, 0.05) is 19.3 Å². The van der Waals surface area contributed by atoms with Gasteiger partial charge in [0.2, 0.25) is 0 Å². The van der Waals surface area contributed by atoms with E-state index in [1.807, 2.05) is 18.3 Å². The SMILES string of the molecule is c1cc2occc2c(N2CC3CCCC3C2)n1. The van der Waals surface area contributed by atoms with Crippen LogP contribution in [0.5, 0.6) is 0 Å². The third kappa shape index (κ3) is 1.38. The average molecular weight is 228 g/mol. The van der Waals surface area contributed by atoms with Gasteiger partial charge in [0.25, 0.3) is 0 Å². The molecule has 88 valence electrons. The predicted molar refractivity (Wildman–Crippen MR) is 67.1 cm³/mol. The molecule has 3 nitrogen and oxygen atoms in total. The summed E-state index contributed by atoms with van der Waals surface area (Å²) in [6.45, 7) is 2.37. The fourth-order valence-corrected chi connectivity index (χ4v) is 3.54.